The van der Waals surface area contributed by atoms with Gasteiger partial charge in [0.15, 0.2) is 0 Å². The molecule has 0 aromatic carbocycles. The van der Waals surface area contributed by atoms with Gasteiger partial charge in [-0.15, -0.1) is 0 Å². The molecule has 0 spiro atoms. The summed E-state index contributed by atoms with van der Waals surface area (Å²) in [5, 5.41) is 7.79. The van der Waals surface area contributed by atoms with Gasteiger partial charge in [-0.2, -0.15) is 5.26 Å². The van der Waals surface area contributed by atoms with E-state index in [1.54, 1.807) is 6.92 Å². The molecule has 0 heterocycles. The van der Waals surface area contributed by atoms with Crippen LogP contribution in [0.2, 0.25) is 0 Å². The molecule has 0 N–H and O–H groups in total. The van der Waals surface area contributed by atoms with Gasteiger partial charge < -0.3 is 0 Å². The molecule has 0 bridgehead atoms. The number of rotatable bonds is 0. The highest BCUT2D eigenvalue weighted by Gasteiger charge is 1.64. The second kappa shape index (κ2) is 4.23. The molecule has 0 aliphatic heterocycles. The van der Waals surface area contributed by atoms with Gasteiger partial charge in [0.2, 0.25) is 0 Å². The van der Waals surface area contributed by atoms with E-state index >= 15 is 0 Å². The van der Waals surface area contributed by atoms with Gasteiger partial charge >= 0.3 is 0 Å². The molecule has 0 aliphatic carbocycles. The van der Waals surface area contributed by atoms with Gasteiger partial charge in [0.25, 0.3) is 0 Å². The molecule has 33 valence electrons. The normalized spacial score (nSPS) is 4.67. The summed E-state index contributed by atoms with van der Waals surface area (Å²) in [5.41, 5.74) is 0.560. The summed E-state index contributed by atoms with van der Waals surface area (Å²) in [5.74, 6) is 0. The highest BCUT2D eigenvalue weighted by molar-refractivity contribution is 5.11. The standard InChI is InChI=1S/C4H5N.CH3/c1-4(2)3-5;/h1H2,2H3;1H3. The first-order valence-corrected chi connectivity index (χ1v) is 1.33. The molecule has 0 aliphatic rings. The van der Waals surface area contributed by atoms with Gasteiger partial charge in [0.05, 0.1) is 6.07 Å². The Kier molecular flexibility index (Phi) is 6.32. The van der Waals surface area contributed by atoms with Crippen LogP contribution in [0.15, 0.2) is 12.2 Å². The van der Waals surface area contributed by atoms with Crippen molar-refractivity contribution in [1.82, 2.24) is 0 Å². The van der Waals surface area contributed by atoms with Crippen LogP contribution in [0.25, 0.3) is 0 Å². The molecule has 1 nitrogen and oxygen atoms in total. The Bertz CT molecular complexity index is 76.4. The van der Waals surface area contributed by atoms with Gasteiger partial charge in [0, 0.05) is 5.57 Å². The van der Waals surface area contributed by atoms with Crippen molar-refractivity contribution in [3.63, 3.8) is 0 Å². The summed E-state index contributed by atoms with van der Waals surface area (Å²) < 4.78 is 0. The van der Waals surface area contributed by atoms with Crippen LogP contribution in [-0.2, 0) is 0 Å². The monoisotopic (exact) mass is 82.1 g/mol. The number of allylic oxidation sites excluding steroid dienone is 1. The summed E-state index contributed by atoms with van der Waals surface area (Å²) in [6, 6.07) is 1.83. The first-order chi connectivity index (χ1) is 2.27. The van der Waals surface area contributed by atoms with E-state index in [1.807, 2.05) is 6.07 Å². The molecular formula is C5H8N. The summed E-state index contributed by atoms with van der Waals surface area (Å²) in [6.07, 6.45) is 0. The van der Waals surface area contributed by atoms with Gasteiger partial charge in [-0.05, 0) is 6.92 Å². The van der Waals surface area contributed by atoms with Crippen molar-refractivity contribution in [1.29, 1.82) is 5.26 Å². The SMILES string of the molecule is C=C(C)C#N.[CH3]. The molecule has 0 fully saturated rings. The molecule has 0 amide bonds. The highest BCUT2D eigenvalue weighted by atomic mass is 14.2. The average molecular weight is 82.1 g/mol. The minimum Gasteiger partial charge on any atom is -0.193 e. The fraction of sp³-hybridized carbons (Fsp3) is 0.200. The number of nitrogens with zero attached hydrogens (tertiary/aromatic N) is 1. The maximum absolute atomic E-state index is 7.79. The van der Waals surface area contributed by atoms with Crippen LogP contribution < -0.4 is 0 Å². The van der Waals surface area contributed by atoms with Crippen LogP contribution in [0, 0.1) is 18.8 Å². The van der Waals surface area contributed by atoms with E-state index in [0.29, 0.717) is 5.57 Å². The summed E-state index contributed by atoms with van der Waals surface area (Å²) in [4.78, 5) is 0. The summed E-state index contributed by atoms with van der Waals surface area (Å²) in [7, 11) is 0. The van der Waals surface area contributed by atoms with Crippen LogP contribution in [0.1, 0.15) is 6.92 Å². The zero-order valence-corrected chi connectivity index (χ0v) is 4.15. The van der Waals surface area contributed by atoms with E-state index in [-0.39, 0.29) is 7.43 Å². The Morgan fingerprint density at radius 1 is 1.83 bits per heavy atom. The molecular weight excluding hydrogens is 74.1 g/mol. The van der Waals surface area contributed by atoms with Gasteiger partial charge in [-0.1, -0.05) is 14.0 Å². The lowest BCUT2D eigenvalue weighted by molar-refractivity contribution is 1.46. The zero-order chi connectivity index (χ0) is 4.28. The molecule has 6 heavy (non-hydrogen) atoms. The highest BCUT2D eigenvalue weighted by Crippen LogP contribution is 1.74. The number of hydrogen-bond donors (Lipinski definition) is 0. The van der Waals surface area contributed by atoms with E-state index in [0.717, 1.165) is 0 Å². The Hall–Kier alpha value is -0.770. The Balaban J connectivity index is 0. The third kappa shape index (κ3) is 10.6. The summed E-state index contributed by atoms with van der Waals surface area (Å²) in [6.45, 7) is 4.98. The molecule has 0 rings (SSSR count). The van der Waals surface area contributed by atoms with Crippen molar-refractivity contribution in [2.75, 3.05) is 0 Å². The molecule has 1 heteroatoms. The second-order valence-corrected chi connectivity index (χ2v) is 0.892. The van der Waals surface area contributed by atoms with Crippen molar-refractivity contribution in [2.45, 2.75) is 6.92 Å². The maximum Gasteiger partial charge on any atom is 0.0937 e. The lowest BCUT2D eigenvalue weighted by Gasteiger charge is -1.61. The van der Waals surface area contributed by atoms with Gasteiger partial charge in [-0.25, -0.2) is 0 Å². The molecule has 0 aromatic heterocycles. The number of nitriles is 1. The topological polar surface area (TPSA) is 23.8 Å². The van der Waals surface area contributed by atoms with E-state index < -0.39 is 0 Å². The molecule has 1 radical (unpaired) electrons. The van der Waals surface area contributed by atoms with Crippen LogP contribution in [0.5, 0.6) is 0 Å². The first kappa shape index (κ1) is 8.97. The van der Waals surface area contributed by atoms with Crippen LogP contribution in [0.4, 0.5) is 0 Å². The predicted molar refractivity (Wildman–Crippen MR) is 26.8 cm³/mol. The average Bonchev–Trinajstić information content (AvgIpc) is 1.38. The molecule has 0 aromatic rings. The van der Waals surface area contributed by atoms with E-state index in [1.165, 1.54) is 0 Å². The molecule has 0 saturated carbocycles. The van der Waals surface area contributed by atoms with Crippen molar-refractivity contribution in [3.8, 4) is 6.07 Å². The fourth-order valence-corrected chi connectivity index (χ4v) is 0. The first-order valence-electron chi connectivity index (χ1n) is 1.33. The largest absolute Gasteiger partial charge is 0.193 e. The van der Waals surface area contributed by atoms with Crippen molar-refractivity contribution >= 4 is 0 Å². The molecule has 0 saturated heterocycles. The van der Waals surface area contributed by atoms with Crippen molar-refractivity contribution in [3.05, 3.63) is 19.6 Å². The lowest BCUT2D eigenvalue weighted by Crippen LogP contribution is -1.51. The fourth-order valence-electron chi connectivity index (χ4n) is 0. The minimum absolute atomic E-state index is 0. The van der Waals surface area contributed by atoms with Gasteiger partial charge in [0.1, 0.15) is 0 Å². The lowest BCUT2D eigenvalue weighted by atomic mass is 10.4. The Labute approximate surface area is 38.9 Å². The second-order valence-electron chi connectivity index (χ2n) is 0.892. The predicted octanol–water partition coefficient (Wildman–Crippen LogP) is 1.54. The van der Waals surface area contributed by atoms with E-state index in [2.05, 4.69) is 6.58 Å². The quantitative estimate of drug-likeness (QED) is 0.406. The summed E-state index contributed by atoms with van der Waals surface area (Å²) >= 11 is 0. The molecule has 0 atom stereocenters. The minimum atomic E-state index is 0. The van der Waals surface area contributed by atoms with Crippen LogP contribution >= 0.6 is 0 Å². The van der Waals surface area contributed by atoms with Crippen molar-refractivity contribution in [2.24, 2.45) is 0 Å². The smallest absolute Gasteiger partial charge is 0.0937 e. The molecule has 0 unspecified atom stereocenters. The van der Waals surface area contributed by atoms with Crippen LogP contribution in [-0.4, -0.2) is 0 Å². The Morgan fingerprint density at radius 2 is 2.00 bits per heavy atom. The number of hydrogen-bond acceptors (Lipinski definition) is 1. The Morgan fingerprint density at radius 3 is 2.00 bits per heavy atom. The maximum atomic E-state index is 7.79. The van der Waals surface area contributed by atoms with E-state index in [9.17, 15) is 0 Å². The van der Waals surface area contributed by atoms with Gasteiger partial charge in [-0.3, -0.25) is 0 Å². The third-order valence-corrected chi connectivity index (χ3v) is 0.191. The third-order valence-electron chi connectivity index (χ3n) is 0.191. The zero-order valence-electron chi connectivity index (χ0n) is 4.15. The van der Waals surface area contributed by atoms with Crippen LogP contribution in [0.3, 0.4) is 0 Å². The van der Waals surface area contributed by atoms with Crippen molar-refractivity contribution < 1.29 is 0 Å². The van der Waals surface area contributed by atoms with E-state index in [4.69, 9.17) is 5.26 Å².